The lowest BCUT2D eigenvalue weighted by atomic mass is 10.2. The van der Waals surface area contributed by atoms with Crippen molar-refractivity contribution < 1.29 is 4.74 Å². The summed E-state index contributed by atoms with van der Waals surface area (Å²) in [5.41, 5.74) is 1.05. The molecule has 0 saturated heterocycles. The topological polar surface area (TPSA) is 45.7 Å². The van der Waals surface area contributed by atoms with Crippen LogP contribution in [0.5, 0.6) is 5.75 Å². The summed E-state index contributed by atoms with van der Waals surface area (Å²) in [4.78, 5) is 4.20. The zero-order valence-corrected chi connectivity index (χ0v) is 16.0. The van der Waals surface area contributed by atoms with Gasteiger partial charge in [0.2, 0.25) is 0 Å². The number of methoxy groups -OCH3 is 1. The molecular formula is C15H25ClIN3O. The summed E-state index contributed by atoms with van der Waals surface area (Å²) in [6.07, 6.45) is 3.60. The van der Waals surface area contributed by atoms with E-state index in [-0.39, 0.29) is 24.0 Å². The molecule has 1 aromatic carbocycles. The molecule has 0 saturated carbocycles. The smallest absolute Gasteiger partial charge is 0.191 e. The number of hydrogen-bond acceptors (Lipinski definition) is 2. The Morgan fingerprint density at radius 3 is 2.67 bits per heavy atom. The molecule has 21 heavy (non-hydrogen) atoms. The Balaban J connectivity index is 0.00000400. The van der Waals surface area contributed by atoms with E-state index < -0.39 is 0 Å². The molecule has 1 aromatic rings. The molecule has 0 heterocycles. The van der Waals surface area contributed by atoms with Crippen LogP contribution in [0.1, 0.15) is 31.7 Å². The molecule has 120 valence electrons. The number of unbranched alkanes of at least 4 members (excludes halogenated alkanes) is 2. The Morgan fingerprint density at radius 2 is 2.05 bits per heavy atom. The Labute approximate surface area is 149 Å². The Bertz CT molecular complexity index is 441. The van der Waals surface area contributed by atoms with Gasteiger partial charge in [0, 0.05) is 30.7 Å². The molecule has 0 radical (unpaired) electrons. The van der Waals surface area contributed by atoms with E-state index in [4.69, 9.17) is 16.3 Å². The predicted molar refractivity (Wildman–Crippen MR) is 101 cm³/mol. The average Bonchev–Trinajstić information content (AvgIpc) is 2.47. The van der Waals surface area contributed by atoms with Crippen LogP contribution < -0.4 is 15.4 Å². The largest absolute Gasteiger partial charge is 0.496 e. The fourth-order valence-corrected chi connectivity index (χ4v) is 2.01. The first-order valence-corrected chi connectivity index (χ1v) is 7.36. The summed E-state index contributed by atoms with van der Waals surface area (Å²) in [7, 11) is 3.42. The summed E-state index contributed by atoms with van der Waals surface area (Å²) in [5, 5.41) is 7.24. The van der Waals surface area contributed by atoms with E-state index in [0.717, 1.165) is 30.2 Å². The lowest BCUT2D eigenvalue weighted by Crippen LogP contribution is -2.37. The number of nitrogens with zero attached hydrogens (tertiary/aromatic N) is 1. The highest BCUT2D eigenvalue weighted by atomic mass is 127. The first-order valence-electron chi connectivity index (χ1n) is 6.98. The second kappa shape index (κ2) is 11.9. The molecule has 0 amide bonds. The monoisotopic (exact) mass is 425 g/mol. The lowest BCUT2D eigenvalue weighted by molar-refractivity contribution is 0.409. The van der Waals surface area contributed by atoms with E-state index >= 15 is 0 Å². The van der Waals surface area contributed by atoms with Gasteiger partial charge in [0.05, 0.1) is 7.11 Å². The Morgan fingerprint density at radius 1 is 1.29 bits per heavy atom. The van der Waals surface area contributed by atoms with Crippen LogP contribution in [0.15, 0.2) is 23.2 Å². The van der Waals surface area contributed by atoms with E-state index in [2.05, 4.69) is 22.5 Å². The average molecular weight is 426 g/mol. The molecule has 0 aliphatic rings. The molecule has 0 fully saturated rings. The zero-order chi connectivity index (χ0) is 14.8. The van der Waals surface area contributed by atoms with Crippen LogP contribution in [-0.4, -0.2) is 26.7 Å². The van der Waals surface area contributed by atoms with Crippen molar-refractivity contribution in [3.63, 3.8) is 0 Å². The van der Waals surface area contributed by atoms with E-state index in [0.29, 0.717) is 11.6 Å². The van der Waals surface area contributed by atoms with Crippen molar-refractivity contribution in [1.29, 1.82) is 0 Å². The number of halogens is 2. The predicted octanol–water partition coefficient (Wildman–Crippen LogP) is 3.82. The molecule has 6 heteroatoms. The lowest BCUT2D eigenvalue weighted by Gasteiger charge is -2.13. The number of guanidine groups is 1. The Hall–Kier alpha value is -0.690. The number of nitrogens with one attached hydrogen (secondary N) is 2. The standard InChI is InChI=1S/C15H24ClN3O.HI/c1-4-5-6-9-18-15(17-2)19-11-12-7-8-13(16)10-14(12)20-3;/h7-8,10H,4-6,9,11H2,1-3H3,(H2,17,18,19);1H. The quantitative estimate of drug-likeness (QED) is 0.302. The number of ether oxygens (including phenoxy) is 1. The first-order chi connectivity index (χ1) is 9.71. The summed E-state index contributed by atoms with van der Waals surface area (Å²) >= 11 is 5.95. The van der Waals surface area contributed by atoms with Crippen LogP contribution >= 0.6 is 35.6 Å². The molecule has 4 nitrogen and oxygen atoms in total. The fraction of sp³-hybridized carbons (Fsp3) is 0.533. The molecule has 0 aromatic heterocycles. The highest BCUT2D eigenvalue weighted by Gasteiger charge is 2.05. The van der Waals surface area contributed by atoms with Crippen molar-refractivity contribution in [1.82, 2.24) is 10.6 Å². The van der Waals surface area contributed by atoms with E-state index in [1.54, 1.807) is 14.2 Å². The van der Waals surface area contributed by atoms with Crippen LogP contribution in [0.4, 0.5) is 0 Å². The zero-order valence-electron chi connectivity index (χ0n) is 12.9. The van der Waals surface area contributed by atoms with Gasteiger partial charge in [-0.25, -0.2) is 0 Å². The van der Waals surface area contributed by atoms with Gasteiger partial charge in [0.15, 0.2) is 5.96 Å². The van der Waals surface area contributed by atoms with Gasteiger partial charge in [-0.05, 0) is 18.6 Å². The van der Waals surface area contributed by atoms with Crippen molar-refractivity contribution >= 4 is 41.5 Å². The minimum Gasteiger partial charge on any atom is -0.496 e. The first kappa shape index (κ1) is 20.3. The third-order valence-electron chi connectivity index (χ3n) is 2.99. The minimum absolute atomic E-state index is 0. The number of hydrogen-bond donors (Lipinski definition) is 2. The maximum absolute atomic E-state index is 5.95. The molecule has 1 rings (SSSR count). The summed E-state index contributed by atoms with van der Waals surface area (Å²) < 4.78 is 5.32. The fourth-order valence-electron chi connectivity index (χ4n) is 1.85. The van der Waals surface area contributed by atoms with Gasteiger partial charge >= 0.3 is 0 Å². The van der Waals surface area contributed by atoms with E-state index in [1.807, 2.05) is 18.2 Å². The highest BCUT2D eigenvalue weighted by Crippen LogP contribution is 2.22. The van der Waals surface area contributed by atoms with Crippen molar-refractivity contribution in [3.8, 4) is 5.75 Å². The van der Waals surface area contributed by atoms with Crippen molar-refractivity contribution in [2.75, 3.05) is 20.7 Å². The number of aliphatic imine (C=N–C) groups is 1. The third kappa shape index (κ3) is 7.76. The third-order valence-corrected chi connectivity index (χ3v) is 3.23. The van der Waals surface area contributed by atoms with Crippen molar-refractivity contribution in [3.05, 3.63) is 28.8 Å². The van der Waals surface area contributed by atoms with E-state index in [1.165, 1.54) is 12.8 Å². The molecule has 0 aliphatic carbocycles. The van der Waals surface area contributed by atoms with Crippen LogP contribution in [0.25, 0.3) is 0 Å². The SMILES string of the molecule is CCCCCNC(=NC)NCc1ccc(Cl)cc1OC.I. The van der Waals surface area contributed by atoms with Crippen LogP contribution in [-0.2, 0) is 6.54 Å². The maximum Gasteiger partial charge on any atom is 0.191 e. The Kier molecular flexibility index (Phi) is 11.5. The minimum atomic E-state index is 0. The molecule has 2 N–H and O–H groups in total. The van der Waals surface area contributed by atoms with Gasteiger partial charge < -0.3 is 15.4 Å². The van der Waals surface area contributed by atoms with Crippen LogP contribution in [0, 0.1) is 0 Å². The van der Waals surface area contributed by atoms with Gasteiger partial charge in [-0.3, -0.25) is 4.99 Å². The van der Waals surface area contributed by atoms with Gasteiger partial charge in [-0.2, -0.15) is 0 Å². The van der Waals surface area contributed by atoms with Gasteiger partial charge in [0.25, 0.3) is 0 Å². The summed E-state index contributed by atoms with van der Waals surface area (Å²) in [5.74, 6) is 1.59. The second-order valence-corrected chi connectivity index (χ2v) is 4.95. The van der Waals surface area contributed by atoms with Crippen LogP contribution in [0.2, 0.25) is 5.02 Å². The van der Waals surface area contributed by atoms with Crippen LogP contribution in [0.3, 0.4) is 0 Å². The van der Waals surface area contributed by atoms with Gasteiger partial charge in [-0.1, -0.05) is 37.4 Å². The molecule has 0 spiro atoms. The molecule has 0 aliphatic heterocycles. The van der Waals surface area contributed by atoms with E-state index in [9.17, 15) is 0 Å². The molecule has 0 atom stereocenters. The van der Waals surface area contributed by atoms with Crippen molar-refractivity contribution in [2.24, 2.45) is 4.99 Å². The highest BCUT2D eigenvalue weighted by molar-refractivity contribution is 14.0. The molecule has 0 bridgehead atoms. The molecular weight excluding hydrogens is 401 g/mol. The van der Waals surface area contributed by atoms with Crippen molar-refractivity contribution in [2.45, 2.75) is 32.7 Å². The number of rotatable bonds is 7. The summed E-state index contributed by atoms with van der Waals surface area (Å²) in [6, 6.07) is 5.63. The summed E-state index contributed by atoms with van der Waals surface area (Å²) in [6.45, 7) is 3.78. The normalized spacial score (nSPS) is 10.8. The number of benzene rings is 1. The maximum atomic E-state index is 5.95. The molecule has 0 unspecified atom stereocenters. The van der Waals surface area contributed by atoms with Gasteiger partial charge in [0.1, 0.15) is 5.75 Å². The van der Waals surface area contributed by atoms with Gasteiger partial charge in [-0.15, -0.1) is 24.0 Å². The second-order valence-electron chi connectivity index (χ2n) is 4.52.